The van der Waals surface area contributed by atoms with Gasteiger partial charge in [0.25, 0.3) is 0 Å². The molecule has 1 aliphatic carbocycles. The molecule has 0 saturated heterocycles. The Balaban J connectivity index is 2.39. The lowest BCUT2D eigenvalue weighted by Crippen LogP contribution is -2.05. The molecule has 0 atom stereocenters. The number of aliphatic imine (C=N–C) groups is 1. The molecule has 1 saturated carbocycles. The highest BCUT2D eigenvalue weighted by atomic mass is 35.5. The van der Waals surface area contributed by atoms with Gasteiger partial charge in [0.05, 0.1) is 16.3 Å². The molecule has 1 fully saturated rings. The van der Waals surface area contributed by atoms with E-state index in [-0.39, 0.29) is 10.7 Å². The third kappa shape index (κ3) is 2.65. The highest BCUT2D eigenvalue weighted by molar-refractivity contribution is 6.31. The topological polar surface area (TPSA) is 12.4 Å². The number of nitrogens with zero attached hydrogens (tertiary/aromatic N) is 1. The van der Waals surface area contributed by atoms with Crippen molar-refractivity contribution in [2.75, 3.05) is 0 Å². The molecule has 0 bridgehead atoms. The summed E-state index contributed by atoms with van der Waals surface area (Å²) in [6.07, 6.45) is -2.58. The van der Waals surface area contributed by atoms with Crippen molar-refractivity contribution in [3.8, 4) is 0 Å². The van der Waals surface area contributed by atoms with Crippen molar-refractivity contribution >= 4 is 23.2 Å². The second kappa shape index (κ2) is 3.96. The smallest absolute Gasteiger partial charge is 0.206 e. The van der Waals surface area contributed by atoms with Crippen LogP contribution in [0.2, 0.25) is 5.02 Å². The summed E-state index contributed by atoms with van der Waals surface area (Å²) < 4.78 is 37.5. The highest BCUT2D eigenvalue weighted by Crippen LogP contribution is 2.36. The molecule has 2 rings (SSSR count). The number of halogens is 4. The van der Waals surface area contributed by atoms with Gasteiger partial charge in [0.2, 0.25) is 0 Å². The molecule has 5 heteroatoms. The van der Waals surface area contributed by atoms with E-state index in [1.165, 1.54) is 12.1 Å². The average Bonchev–Trinajstić information content (AvgIpc) is 2.98. The summed E-state index contributed by atoms with van der Waals surface area (Å²) in [5.41, 5.74) is 0.387. The fraction of sp³-hybridized carbons (Fsp3) is 0.273. The fourth-order valence-corrected chi connectivity index (χ4v) is 1.34. The van der Waals surface area contributed by atoms with Crippen LogP contribution in [0.3, 0.4) is 0 Å². The van der Waals surface area contributed by atoms with Crippen molar-refractivity contribution in [3.05, 3.63) is 34.4 Å². The SMILES string of the molecule is FC(F)(F)c1cc(N=C=C2CC2)ccc1Cl. The maximum Gasteiger partial charge on any atom is 0.417 e. The summed E-state index contributed by atoms with van der Waals surface area (Å²) >= 11 is 5.47. The molecule has 1 aliphatic rings. The number of hydrogen-bond donors (Lipinski definition) is 0. The largest absolute Gasteiger partial charge is 0.417 e. The summed E-state index contributed by atoms with van der Waals surface area (Å²) in [5.74, 6) is 2.70. The zero-order chi connectivity index (χ0) is 11.8. The zero-order valence-electron chi connectivity index (χ0n) is 8.11. The molecule has 1 aromatic carbocycles. The fourth-order valence-electron chi connectivity index (χ4n) is 1.12. The van der Waals surface area contributed by atoms with Crippen LogP contribution in [-0.2, 0) is 6.18 Å². The van der Waals surface area contributed by atoms with Crippen LogP contribution >= 0.6 is 11.6 Å². The van der Waals surface area contributed by atoms with E-state index in [0.29, 0.717) is 0 Å². The predicted octanol–water partition coefficient (Wildman–Crippen LogP) is 4.38. The van der Waals surface area contributed by atoms with Crippen LogP contribution in [0.25, 0.3) is 0 Å². The van der Waals surface area contributed by atoms with Crippen molar-refractivity contribution in [3.63, 3.8) is 0 Å². The summed E-state index contributed by atoms with van der Waals surface area (Å²) in [4.78, 5) is 3.84. The Morgan fingerprint density at radius 2 is 1.94 bits per heavy atom. The molecule has 0 heterocycles. The lowest BCUT2D eigenvalue weighted by Gasteiger charge is -2.08. The quantitative estimate of drug-likeness (QED) is 0.651. The monoisotopic (exact) mass is 245 g/mol. The first-order valence-corrected chi connectivity index (χ1v) is 5.03. The molecule has 0 aliphatic heterocycles. The van der Waals surface area contributed by atoms with E-state index in [1.54, 1.807) is 0 Å². The molecule has 0 aromatic heterocycles. The minimum absolute atomic E-state index is 0.219. The number of hydrogen-bond acceptors (Lipinski definition) is 1. The summed E-state index contributed by atoms with van der Waals surface area (Å²) in [6.45, 7) is 0. The normalized spacial score (nSPS) is 14.6. The number of alkyl halides is 3. The third-order valence-electron chi connectivity index (χ3n) is 2.10. The minimum Gasteiger partial charge on any atom is -0.206 e. The average molecular weight is 246 g/mol. The Morgan fingerprint density at radius 1 is 1.25 bits per heavy atom. The molecule has 1 nitrogen and oxygen atoms in total. The second-order valence-corrected chi connectivity index (χ2v) is 3.90. The molecule has 0 radical (unpaired) electrons. The zero-order valence-corrected chi connectivity index (χ0v) is 8.86. The molecular formula is C11H7ClF3N. The molecule has 0 N–H and O–H groups in total. The van der Waals surface area contributed by atoms with Crippen LogP contribution in [0.1, 0.15) is 18.4 Å². The van der Waals surface area contributed by atoms with Crippen molar-refractivity contribution in [2.24, 2.45) is 4.99 Å². The maximum absolute atomic E-state index is 12.5. The van der Waals surface area contributed by atoms with Crippen molar-refractivity contribution in [1.82, 2.24) is 0 Å². The van der Waals surface area contributed by atoms with Gasteiger partial charge in [-0.2, -0.15) is 13.2 Å². The van der Waals surface area contributed by atoms with Gasteiger partial charge in [-0.1, -0.05) is 11.6 Å². The molecule has 0 amide bonds. The van der Waals surface area contributed by atoms with E-state index >= 15 is 0 Å². The Labute approximate surface area is 95.3 Å². The second-order valence-electron chi connectivity index (χ2n) is 3.49. The van der Waals surface area contributed by atoms with Crippen LogP contribution < -0.4 is 0 Å². The maximum atomic E-state index is 12.5. The van der Waals surface area contributed by atoms with Gasteiger partial charge in [0.15, 0.2) is 0 Å². The van der Waals surface area contributed by atoms with Gasteiger partial charge in [-0.25, -0.2) is 4.99 Å². The first-order valence-electron chi connectivity index (χ1n) is 4.65. The lowest BCUT2D eigenvalue weighted by molar-refractivity contribution is -0.137. The molecule has 84 valence electrons. The van der Waals surface area contributed by atoms with Gasteiger partial charge in [-0.3, -0.25) is 0 Å². The predicted molar refractivity (Wildman–Crippen MR) is 56.3 cm³/mol. The van der Waals surface area contributed by atoms with Gasteiger partial charge in [-0.15, -0.1) is 0 Å². The van der Waals surface area contributed by atoms with Gasteiger partial charge >= 0.3 is 6.18 Å². The van der Waals surface area contributed by atoms with E-state index in [1.807, 2.05) is 0 Å². The molecule has 0 spiro atoms. The Morgan fingerprint density at radius 3 is 2.50 bits per heavy atom. The van der Waals surface area contributed by atoms with Crippen LogP contribution in [0.4, 0.5) is 18.9 Å². The molecule has 0 unspecified atom stereocenters. The number of benzene rings is 1. The third-order valence-corrected chi connectivity index (χ3v) is 2.43. The van der Waals surface area contributed by atoms with E-state index in [9.17, 15) is 13.2 Å². The van der Waals surface area contributed by atoms with Gasteiger partial charge in [0, 0.05) is 0 Å². The lowest BCUT2D eigenvalue weighted by atomic mass is 10.2. The molecule has 1 aromatic rings. The van der Waals surface area contributed by atoms with Gasteiger partial charge < -0.3 is 0 Å². The Kier molecular flexibility index (Phi) is 2.78. The van der Waals surface area contributed by atoms with E-state index in [2.05, 4.69) is 10.9 Å². The van der Waals surface area contributed by atoms with Crippen LogP contribution in [0.5, 0.6) is 0 Å². The standard InChI is InChI=1S/C11H7ClF3N/c12-10-4-3-8(16-6-7-1-2-7)5-9(10)11(13,14)15/h3-5H,1-2H2. The molecule has 16 heavy (non-hydrogen) atoms. The highest BCUT2D eigenvalue weighted by Gasteiger charge is 2.33. The van der Waals surface area contributed by atoms with Gasteiger partial charge in [0.1, 0.15) is 0 Å². The van der Waals surface area contributed by atoms with Crippen LogP contribution in [0, 0.1) is 0 Å². The first kappa shape index (κ1) is 11.2. The van der Waals surface area contributed by atoms with Crippen molar-refractivity contribution in [1.29, 1.82) is 0 Å². The Hall–Kier alpha value is -1.25. The van der Waals surface area contributed by atoms with E-state index in [0.717, 1.165) is 24.5 Å². The summed E-state index contributed by atoms with van der Waals surface area (Å²) in [5, 5.41) is -0.314. The summed E-state index contributed by atoms with van der Waals surface area (Å²) in [6, 6.07) is 3.56. The summed E-state index contributed by atoms with van der Waals surface area (Å²) in [7, 11) is 0. The minimum atomic E-state index is -4.45. The van der Waals surface area contributed by atoms with E-state index < -0.39 is 11.7 Å². The molecular weight excluding hydrogens is 239 g/mol. The van der Waals surface area contributed by atoms with Crippen LogP contribution in [0.15, 0.2) is 28.8 Å². The van der Waals surface area contributed by atoms with E-state index in [4.69, 9.17) is 11.6 Å². The number of allylic oxidation sites excluding steroid dienone is 1. The van der Waals surface area contributed by atoms with Crippen LogP contribution in [-0.4, -0.2) is 5.87 Å². The first-order chi connectivity index (χ1) is 7.47. The van der Waals surface area contributed by atoms with Crippen molar-refractivity contribution < 1.29 is 13.2 Å². The number of rotatable bonds is 1. The van der Waals surface area contributed by atoms with Crippen molar-refractivity contribution in [2.45, 2.75) is 19.0 Å². The van der Waals surface area contributed by atoms with Gasteiger partial charge in [-0.05, 0) is 42.5 Å². The Bertz CT molecular complexity index is 478.